The van der Waals surface area contributed by atoms with Gasteiger partial charge in [-0.3, -0.25) is 0 Å². The van der Waals surface area contributed by atoms with Crippen LogP contribution < -0.4 is 17.2 Å². The van der Waals surface area contributed by atoms with E-state index < -0.39 is 18.4 Å². The molecule has 0 bridgehead atoms. The van der Waals surface area contributed by atoms with Gasteiger partial charge in [-0.15, -0.1) is 0 Å². The van der Waals surface area contributed by atoms with E-state index in [1.54, 1.807) is 6.08 Å². The van der Waals surface area contributed by atoms with E-state index in [-0.39, 0.29) is 5.96 Å². The Bertz CT molecular complexity index is 370. The summed E-state index contributed by atoms with van der Waals surface area (Å²) in [6.45, 7) is 1.72. The summed E-state index contributed by atoms with van der Waals surface area (Å²) in [4.78, 5) is 3.71. The second-order valence-corrected chi connectivity index (χ2v) is 6.88. The molecule has 0 aliphatic rings. The molecular weight excluding hydrogens is 316 g/mol. The number of hydrogen-bond donors (Lipinski definition) is 5. The lowest BCUT2D eigenvalue weighted by Gasteiger charge is -2.26. The topological polar surface area (TPSA) is 131 Å². The van der Waals surface area contributed by atoms with Crippen LogP contribution in [0, 0.1) is 0 Å². The summed E-state index contributed by atoms with van der Waals surface area (Å²) < 4.78 is 0. The van der Waals surface area contributed by atoms with E-state index in [1.165, 1.54) is 64.2 Å². The monoisotopic (exact) mass is 356 g/mol. The average Bonchev–Trinajstić information content (AvgIpc) is 2.58. The Hall–Kier alpha value is -1.11. The van der Waals surface area contributed by atoms with Gasteiger partial charge in [-0.25, -0.2) is 4.99 Å². The second kappa shape index (κ2) is 15.2. The molecular formula is C19H40N4O2. The first-order chi connectivity index (χ1) is 12.0. The summed E-state index contributed by atoms with van der Waals surface area (Å²) in [7, 11) is 0. The summed E-state index contributed by atoms with van der Waals surface area (Å²) >= 11 is 0. The Morgan fingerprint density at radius 2 is 1.44 bits per heavy atom. The van der Waals surface area contributed by atoms with Crippen molar-refractivity contribution < 1.29 is 10.2 Å². The molecule has 0 aromatic carbocycles. The lowest BCUT2D eigenvalue weighted by molar-refractivity contribution is 0.0792. The highest BCUT2D eigenvalue weighted by Gasteiger charge is 2.31. The summed E-state index contributed by atoms with van der Waals surface area (Å²) in [6.07, 6.45) is 17.6. The third-order valence-corrected chi connectivity index (χ3v) is 4.40. The Balaban J connectivity index is 3.67. The van der Waals surface area contributed by atoms with Gasteiger partial charge in [-0.05, 0) is 12.8 Å². The molecule has 0 aromatic rings. The first kappa shape index (κ1) is 23.9. The van der Waals surface area contributed by atoms with E-state index in [0.29, 0.717) is 0 Å². The molecule has 0 aliphatic heterocycles. The van der Waals surface area contributed by atoms with Crippen LogP contribution in [0.5, 0.6) is 0 Å². The van der Waals surface area contributed by atoms with Crippen LogP contribution in [0.2, 0.25) is 0 Å². The van der Waals surface area contributed by atoms with Gasteiger partial charge in [-0.1, -0.05) is 83.3 Å². The van der Waals surface area contributed by atoms with Gasteiger partial charge in [-0.2, -0.15) is 0 Å². The average molecular weight is 357 g/mol. The van der Waals surface area contributed by atoms with Crippen molar-refractivity contribution in [3.8, 4) is 0 Å². The minimum atomic E-state index is -1.58. The predicted octanol–water partition coefficient (Wildman–Crippen LogP) is 2.53. The summed E-state index contributed by atoms with van der Waals surface area (Å²) in [5.41, 5.74) is 14.7. The molecule has 2 atom stereocenters. The molecule has 25 heavy (non-hydrogen) atoms. The summed E-state index contributed by atoms with van der Waals surface area (Å²) in [5.74, 6) is -0.255. The number of guanidine groups is 1. The number of aliphatic imine (C=N–C) groups is 1. The number of allylic oxidation sites excluding steroid dienone is 1. The van der Waals surface area contributed by atoms with Crippen molar-refractivity contribution in [2.75, 3.05) is 6.61 Å². The van der Waals surface area contributed by atoms with Crippen molar-refractivity contribution in [2.24, 2.45) is 22.2 Å². The van der Waals surface area contributed by atoms with Gasteiger partial charge in [0.25, 0.3) is 0 Å². The van der Waals surface area contributed by atoms with Crippen molar-refractivity contribution in [3.63, 3.8) is 0 Å². The molecule has 6 nitrogen and oxygen atoms in total. The number of unbranched alkanes of at least 4 members (excludes halogenated alkanes) is 11. The van der Waals surface area contributed by atoms with Crippen LogP contribution in [0.4, 0.5) is 0 Å². The lowest BCUT2D eigenvalue weighted by Crippen LogP contribution is -2.53. The quantitative estimate of drug-likeness (QED) is 0.125. The minimum absolute atomic E-state index is 0.255. The smallest absolute Gasteiger partial charge is 0.187 e. The largest absolute Gasteiger partial charge is 0.392 e. The van der Waals surface area contributed by atoms with E-state index in [2.05, 4.69) is 11.9 Å². The number of aliphatic hydroxyl groups is 2. The molecule has 0 fully saturated rings. The number of nitrogens with two attached hydrogens (primary N) is 3. The van der Waals surface area contributed by atoms with Gasteiger partial charge in [0.2, 0.25) is 0 Å². The maximum atomic E-state index is 10.0. The highest BCUT2D eigenvalue weighted by atomic mass is 16.3. The van der Waals surface area contributed by atoms with Crippen molar-refractivity contribution in [1.82, 2.24) is 0 Å². The molecule has 6 heteroatoms. The van der Waals surface area contributed by atoms with E-state index in [4.69, 9.17) is 17.2 Å². The minimum Gasteiger partial charge on any atom is -0.392 e. The van der Waals surface area contributed by atoms with Crippen LogP contribution in [0.1, 0.15) is 84.0 Å². The Morgan fingerprint density at radius 3 is 1.88 bits per heavy atom. The zero-order valence-electron chi connectivity index (χ0n) is 16.0. The van der Waals surface area contributed by atoms with E-state index in [0.717, 1.165) is 12.8 Å². The molecule has 2 unspecified atom stereocenters. The first-order valence-corrected chi connectivity index (χ1v) is 9.81. The molecule has 0 radical (unpaired) electrons. The zero-order chi connectivity index (χ0) is 19.0. The number of nitrogens with zero attached hydrogens (tertiary/aromatic N) is 1. The van der Waals surface area contributed by atoms with Crippen LogP contribution in [0.3, 0.4) is 0 Å². The van der Waals surface area contributed by atoms with E-state index in [1.807, 2.05) is 6.08 Å². The first-order valence-electron chi connectivity index (χ1n) is 9.81. The Morgan fingerprint density at radius 1 is 0.960 bits per heavy atom. The van der Waals surface area contributed by atoms with Crippen molar-refractivity contribution in [3.05, 3.63) is 12.2 Å². The Kier molecular flexibility index (Phi) is 14.5. The fourth-order valence-corrected chi connectivity index (χ4v) is 2.75. The van der Waals surface area contributed by atoms with Gasteiger partial charge < -0.3 is 27.4 Å². The zero-order valence-corrected chi connectivity index (χ0v) is 16.0. The van der Waals surface area contributed by atoms with Crippen molar-refractivity contribution in [2.45, 2.75) is 95.7 Å². The lowest BCUT2D eigenvalue weighted by atomic mass is 10.0. The van der Waals surface area contributed by atoms with Gasteiger partial charge >= 0.3 is 0 Å². The fourth-order valence-electron chi connectivity index (χ4n) is 2.75. The molecule has 0 heterocycles. The molecule has 0 aliphatic carbocycles. The third-order valence-electron chi connectivity index (χ3n) is 4.40. The third kappa shape index (κ3) is 12.8. The molecule has 0 aromatic heterocycles. The van der Waals surface area contributed by atoms with Gasteiger partial charge in [0.05, 0.1) is 6.61 Å². The summed E-state index contributed by atoms with van der Waals surface area (Å²) in [5, 5.41) is 19.3. The van der Waals surface area contributed by atoms with Gasteiger partial charge in [0.1, 0.15) is 6.10 Å². The van der Waals surface area contributed by atoms with Crippen molar-refractivity contribution >= 4 is 5.96 Å². The molecule has 0 saturated carbocycles. The van der Waals surface area contributed by atoms with E-state index in [9.17, 15) is 10.2 Å². The maximum Gasteiger partial charge on any atom is 0.187 e. The van der Waals surface area contributed by atoms with Crippen molar-refractivity contribution in [1.29, 1.82) is 0 Å². The van der Waals surface area contributed by atoms with Crippen LogP contribution in [0.25, 0.3) is 0 Å². The Labute approximate surface area is 153 Å². The van der Waals surface area contributed by atoms with Gasteiger partial charge in [0.15, 0.2) is 11.6 Å². The van der Waals surface area contributed by atoms with Crippen LogP contribution in [-0.4, -0.2) is 34.5 Å². The second-order valence-electron chi connectivity index (χ2n) is 6.88. The van der Waals surface area contributed by atoms with E-state index >= 15 is 0 Å². The molecule has 8 N–H and O–H groups in total. The molecule has 0 rings (SSSR count). The SMILES string of the molecule is CCCCCCCCCCCCCC=CC(O)C(N)(CO)N=C(N)N. The molecule has 0 spiro atoms. The normalized spacial score (nSPS) is 15.2. The van der Waals surface area contributed by atoms with Crippen LogP contribution >= 0.6 is 0 Å². The number of rotatable bonds is 16. The van der Waals surface area contributed by atoms with Gasteiger partial charge in [0, 0.05) is 0 Å². The number of hydrogen-bond acceptors (Lipinski definition) is 4. The maximum absolute atomic E-state index is 10.0. The standard InChI is InChI=1S/C19H40N4O2/c1-2-3-4-5-6-7-8-9-10-11-12-13-14-15-17(25)19(22,16-24)23-18(20)21/h14-15,17,24-25H,2-13,16,22H2,1H3,(H4,20,21,23). The fraction of sp³-hybridized carbons (Fsp3) is 0.842. The molecule has 0 amide bonds. The molecule has 0 saturated heterocycles. The predicted molar refractivity (Wildman–Crippen MR) is 106 cm³/mol. The highest BCUT2D eigenvalue weighted by molar-refractivity contribution is 5.76. The molecule has 148 valence electrons. The van der Waals surface area contributed by atoms with Crippen LogP contribution in [-0.2, 0) is 0 Å². The number of aliphatic hydroxyl groups excluding tert-OH is 2. The van der Waals surface area contributed by atoms with Crippen LogP contribution in [0.15, 0.2) is 17.1 Å². The summed E-state index contributed by atoms with van der Waals surface area (Å²) in [6, 6.07) is 0. The highest BCUT2D eigenvalue weighted by Crippen LogP contribution is 2.13.